The van der Waals surface area contributed by atoms with Crippen molar-refractivity contribution in [1.82, 2.24) is 14.9 Å². The monoisotopic (exact) mass is 383 g/mol. The van der Waals surface area contributed by atoms with E-state index in [1.807, 2.05) is 13.8 Å². The molecule has 2 aromatic carbocycles. The summed E-state index contributed by atoms with van der Waals surface area (Å²) in [4.78, 5) is 38.9. The lowest BCUT2D eigenvalue weighted by atomic mass is 9.96. The van der Waals surface area contributed by atoms with Crippen molar-refractivity contribution in [2.45, 2.75) is 32.9 Å². The Hall–Kier alpha value is -3.22. The van der Waals surface area contributed by atoms with E-state index in [9.17, 15) is 18.8 Å². The van der Waals surface area contributed by atoms with Crippen LogP contribution in [0.1, 0.15) is 31.9 Å². The Morgan fingerprint density at radius 1 is 1.11 bits per heavy atom. The van der Waals surface area contributed by atoms with E-state index in [0.717, 1.165) is 5.56 Å². The van der Waals surface area contributed by atoms with Crippen molar-refractivity contribution in [1.29, 1.82) is 0 Å². The Morgan fingerprint density at radius 2 is 1.79 bits per heavy atom. The molecule has 6 nitrogen and oxygen atoms in total. The van der Waals surface area contributed by atoms with Gasteiger partial charge in [-0.2, -0.15) is 0 Å². The summed E-state index contributed by atoms with van der Waals surface area (Å²) in [5, 5.41) is 3.35. The molecule has 1 heterocycles. The Balaban J connectivity index is 1.77. The van der Waals surface area contributed by atoms with Crippen LogP contribution in [-0.2, 0) is 11.3 Å². The van der Waals surface area contributed by atoms with E-state index >= 15 is 0 Å². The van der Waals surface area contributed by atoms with Crippen molar-refractivity contribution in [3.63, 3.8) is 0 Å². The van der Waals surface area contributed by atoms with Crippen LogP contribution < -0.4 is 16.6 Å². The molecule has 28 heavy (non-hydrogen) atoms. The number of hydrogen-bond donors (Lipinski definition) is 2. The van der Waals surface area contributed by atoms with Crippen molar-refractivity contribution in [2.75, 3.05) is 0 Å². The molecule has 0 aliphatic rings. The van der Waals surface area contributed by atoms with Crippen LogP contribution in [0, 0.1) is 11.7 Å². The second-order valence-corrected chi connectivity index (χ2v) is 7.02. The first-order valence-electron chi connectivity index (χ1n) is 9.13. The molecule has 0 saturated carbocycles. The molecule has 0 bridgehead atoms. The van der Waals surface area contributed by atoms with Crippen LogP contribution in [0.5, 0.6) is 0 Å². The first-order chi connectivity index (χ1) is 13.4. The fraction of sp³-hybridized carbons (Fsp3) is 0.286. The van der Waals surface area contributed by atoms with Gasteiger partial charge >= 0.3 is 5.69 Å². The predicted molar refractivity (Wildman–Crippen MR) is 106 cm³/mol. The Morgan fingerprint density at radius 3 is 2.46 bits per heavy atom. The Kier molecular flexibility index (Phi) is 5.73. The SMILES string of the molecule is CC(C)[C@H](NC(=O)CCn1c(=O)[nH]c(=O)c2ccccc21)c1ccc(F)cc1. The van der Waals surface area contributed by atoms with Crippen LogP contribution in [0.4, 0.5) is 4.39 Å². The third kappa shape index (κ3) is 4.19. The second-order valence-electron chi connectivity index (χ2n) is 7.02. The van der Waals surface area contributed by atoms with E-state index in [1.165, 1.54) is 16.7 Å². The molecule has 0 saturated heterocycles. The molecule has 0 aliphatic heterocycles. The molecule has 1 atom stereocenters. The Labute approximate surface area is 161 Å². The smallest absolute Gasteiger partial charge is 0.328 e. The molecule has 7 heteroatoms. The van der Waals surface area contributed by atoms with Gasteiger partial charge in [0.15, 0.2) is 0 Å². The number of halogens is 1. The van der Waals surface area contributed by atoms with Gasteiger partial charge in [-0.1, -0.05) is 38.1 Å². The fourth-order valence-corrected chi connectivity index (χ4v) is 3.23. The van der Waals surface area contributed by atoms with Gasteiger partial charge in [0.1, 0.15) is 5.82 Å². The maximum Gasteiger partial charge on any atom is 0.328 e. The van der Waals surface area contributed by atoms with Gasteiger partial charge in [-0.25, -0.2) is 9.18 Å². The number of H-pyrrole nitrogens is 1. The number of benzene rings is 2. The first-order valence-corrected chi connectivity index (χ1v) is 9.13. The number of aryl methyl sites for hydroxylation is 1. The molecule has 1 amide bonds. The van der Waals surface area contributed by atoms with Crippen LogP contribution in [-0.4, -0.2) is 15.5 Å². The van der Waals surface area contributed by atoms with E-state index < -0.39 is 11.2 Å². The number of carbonyl (C=O) groups excluding carboxylic acids is 1. The first kappa shape index (κ1) is 19.5. The molecular formula is C21H22FN3O3. The predicted octanol–water partition coefficient (Wildman–Crippen LogP) is 2.73. The lowest BCUT2D eigenvalue weighted by Crippen LogP contribution is -2.35. The zero-order valence-electron chi connectivity index (χ0n) is 15.7. The van der Waals surface area contributed by atoms with Crippen molar-refractivity contribution < 1.29 is 9.18 Å². The van der Waals surface area contributed by atoms with E-state index in [4.69, 9.17) is 0 Å². The van der Waals surface area contributed by atoms with Gasteiger partial charge in [-0.3, -0.25) is 19.1 Å². The van der Waals surface area contributed by atoms with E-state index in [-0.39, 0.29) is 36.6 Å². The number of para-hydroxylation sites is 1. The van der Waals surface area contributed by atoms with Gasteiger partial charge in [0.05, 0.1) is 16.9 Å². The standard InChI is InChI=1S/C21H22FN3O3/c1-13(2)19(14-7-9-15(22)10-8-14)23-18(26)11-12-25-17-6-4-3-5-16(17)20(27)24-21(25)28/h3-10,13,19H,11-12H2,1-2H3,(H,23,26)(H,24,27,28)/t19-/m0/s1. The lowest BCUT2D eigenvalue weighted by Gasteiger charge is -2.23. The average molecular weight is 383 g/mol. The number of hydrogen-bond acceptors (Lipinski definition) is 3. The highest BCUT2D eigenvalue weighted by atomic mass is 19.1. The quantitative estimate of drug-likeness (QED) is 0.686. The molecule has 3 rings (SSSR count). The summed E-state index contributed by atoms with van der Waals surface area (Å²) in [5.41, 5.74) is 0.312. The zero-order valence-corrected chi connectivity index (χ0v) is 15.7. The van der Waals surface area contributed by atoms with Crippen LogP contribution in [0.25, 0.3) is 10.9 Å². The topological polar surface area (TPSA) is 84.0 Å². The number of aromatic amines is 1. The lowest BCUT2D eigenvalue weighted by molar-refractivity contribution is -0.122. The summed E-state index contributed by atoms with van der Waals surface area (Å²) < 4.78 is 14.6. The zero-order chi connectivity index (χ0) is 20.3. The largest absolute Gasteiger partial charge is 0.349 e. The van der Waals surface area contributed by atoms with Gasteiger partial charge in [0, 0.05) is 13.0 Å². The van der Waals surface area contributed by atoms with Crippen LogP contribution >= 0.6 is 0 Å². The van der Waals surface area contributed by atoms with E-state index in [1.54, 1.807) is 36.4 Å². The molecule has 0 radical (unpaired) electrons. The van der Waals surface area contributed by atoms with Crippen molar-refractivity contribution >= 4 is 16.8 Å². The molecule has 0 fully saturated rings. The van der Waals surface area contributed by atoms with Crippen molar-refractivity contribution in [3.05, 3.63) is 80.7 Å². The van der Waals surface area contributed by atoms with Gasteiger partial charge < -0.3 is 5.32 Å². The van der Waals surface area contributed by atoms with Crippen LogP contribution in [0.15, 0.2) is 58.1 Å². The van der Waals surface area contributed by atoms with E-state index in [2.05, 4.69) is 10.3 Å². The summed E-state index contributed by atoms with van der Waals surface area (Å²) in [5.74, 6) is -0.460. The van der Waals surface area contributed by atoms with Gasteiger partial charge in [-0.05, 0) is 35.7 Å². The Bertz CT molecular complexity index is 1100. The number of rotatable bonds is 6. The molecule has 146 valence electrons. The minimum atomic E-state index is -0.546. The molecule has 0 unspecified atom stereocenters. The van der Waals surface area contributed by atoms with Crippen LogP contribution in [0.2, 0.25) is 0 Å². The number of amides is 1. The summed E-state index contributed by atoms with van der Waals surface area (Å²) in [7, 11) is 0. The highest BCUT2D eigenvalue weighted by Crippen LogP contribution is 2.22. The second kappa shape index (κ2) is 8.21. The third-order valence-electron chi connectivity index (χ3n) is 4.68. The van der Waals surface area contributed by atoms with E-state index in [0.29, 0.717) is 10.9 Å². The van der Waals surface area contributed by atoms with Gasteiger partial charge in [-0.15, -0.1) is 0 Å². The molecule has 2 N–H and O–H groups in total. The molecule has 3 aromatic rings. The summed E-state index contributed by atoms with van der Waals surface area (Å²) in [6.07, 6.45) is 0.0698. The number of aromatic nitrogens is 2. The maximum atomic E-state index is 13.2. The molecule has 0 spiro atoms. The summed E-state index contributed by atoms with van der Waals surface area (Å²) in [6.45, 7) is 4.07. The number of fused-ring (bicyclic) bond motifs is 1. The van der Waals surface area contributed by atoms with Crippen molar-refractivity contribution in [2.24, 2.45) is 5.92 Å². The summed E-state index contributed by atoms with van der Waals surface area (Å²) >= 11 is 0. The van der Waals surface area contributed by atoms with Gasteiger partial charge in [0.2, 0.25) is 5.91 Å². The van der Waals surface area contributed by atoms with Crippen molar-refractivity contribution in [3.8, 4) is 0 Å². The average Bonchev–Trinajstić information content (AvgIpc) is 2.66. The molecular weight excluding hydrogens is 361 g/mol. The van der Waals surface area contributed by atoms with Crippen LogP contribution in [0.3, 0.4) is 0 Å². The number of carbonyl (C=O) groups is 1. The minimum absolute atomic E-state index is 0.0698. The molecule has 1 aromatic heterocycles. The third-order valence-corrected chi connectivity index (χ3v) is 4.68. The molecule has 0 aliphatic carbocycles. The normalized spacial score (nSPS) is 12.3. The summed E-state index contributed by atoms with van der Waals surface area (Å²) in [6, 6.07) is 12.5. The number of nitrogens with zero attached hydrogens (tertiary/aromatic N) is 1. The highest BCUT2D eigenvalue weighted by molar-refractivity contribution is 5.79. The van der Waals surface area contributed by atoms with Gasteiger partial charge in [0.25, 0.3) is 5.56 Å². The highest BCUT2D eigenvalue weighted by Gasteiger charge is 2.18. The minimum Gasteiger partial charge on any atom is -0.349 e. The maximum absolute atomic E-state index is 13.2. The fourth-order valence-electron chi connectivity index (χ4n) is 3.23. The number of nitrogens with one attached hydrogen (secondary N) is 2.